The first-order chi connectivity index (χ1) is 8.18. The Balaban J connectivity index is 2.03. The van der Waals surface area contributed by atoms with Crippen molar-refractivity contribution in [2.45, 2.75) is 23.5 Å². The van der Waals surface area contributed by atoms with Crippen LogP contribution in [0, 0.1) is 0 Å². The zero-order chi connectivity index (χ0) is 12.3. The van der Waals surface area contributed by atoms with Gasteiger partial charge in [0.2, 0.25) is 0 Å². The molecule has 0 amide bonds. The summed E-state index contributed by atoms with van der Waals surface area (Å²) in [7, 11) is -1.03. The molecule has 17 heavy (non-hydrogen) atoms. The van der Waals surface area contributed by atoms with Gasteiger partial charge in [0.25, 0.3) is 0 Å². The zero-order valence-corrected chi connectivity index (χ0v) is 11.0. The van der Waals surface area contributed by atoms with Crippen molar-refractivity contribution in [2.24, 2.45) is 5.73 Å². The van der Waals surface area contributed by atoms with E-state index in [9.17, 15) is 4.21 Å². The van der Waals surface area contributed by atoms with E-state index in [1.165, 1.54) is 0 Å². The molecule has 1 saturated heterocycles. The lowest BCUT2D eigenvalue weighted by atomic mass is 10.1. The predicted octanol–water partition coefficient (Wildman–Crippen LogP) is 1.70. The second-order valence-electron chi connectivity index (χ2n) is 4.18. The van der Waals surface area contributed by atoms with Crippen molar-refractivity contribution in [2.75, 3.05) is 13.2 Å². The van der Waals surface area contributed by atoms with Crippen LogP contribution in [0.1, 0.15) is 12.0 Å². The van der Waals surface area contributed by atoms with Gasteiger partial charge in [-0.15, -0.1) is 0 Å². The number of rotatable bonds is 3. The van der Waals surface area contributed by atoms with Crippen LogP contribution in [-0.4, -0.2) is 28.7 Å². The van der Waals surface area contributed by atoms with Gasteiger partial charge in [0.15, 0.2) is 0 Å². The topological polar surface area (TPSA) is 52.3 Å². The minimum Gasteiger partial charge on any atom is -0.380 e. The molecule has 0 spiro atoms. The summed E-state index contributed by atoms with van der Waals surface area (Å²) in [6.45, 7) is 1.15. The van der Waals surface area contributed by atoms with Crippen LogP contribution in [-0.2, 0) is 21.3 Å². The van der Waals surface area contributed by atoms with Crippen molar-refractivity contribution in [1.82, 2.24) is 0 Å². The molecule has 94 valence electrons. The largest absolute Gasteiger partial charge is 0.380 e. The van der Waals surface area contributed by atoms with Crippen LogP contribution in [0.2, 0.25) is 5.02 Å². The van der Waals surface area contributed by atoms with Gasteiger partial charge in [-0.05, 0) is 18.1 Å². The summed E-state index contributed by atoms with van der Waals surface area (Å²) in [6.07, 6.45) is 0.777. The Morgan fingerprint density at radius 3 is 2.94 bits per heavy atom. The monoisotopic (exact) mass is 273 g/mol. The van der Waals surface area contributed by atoms with E-state index in [4.69, 9.17) is 22.1 Å². The highest BCUT2D eigenvalue weighted by Gasteiger charge is 2.28. The highest BCUT2D eigenvalue weighted by Crippen LogP contribution is 2.20. The van der Waals surface area contributed by atoms with Gasteiger partial charge in [0, 0.05) is 28.5 Å². The molecule has 0 aromatic heterocycles. The van der Waals surface area contributed by atoms with Crippen molar-refractivity contribution in [3.8, 4) is 0 Å². The molecule has 2 rings (SSSR count). The number of halogens is 1. The van der Waals surface area contributed by atoms with Crippen LogP contribution in [0.5, 0.6) is 0 Å². The molecule has 3 unspecified atom stereocenters. The maximum atomic E-state index is 12.2. The molecule has 5 heteroatoms. The number of nitrogens with two attached hydrogens (primary N) is 1. The molecule has 2 N–H and O–H groups in total. The molecule has 0 bridgehead atoms. The van der Waals surface area contributed by atoms with Crippen molar-refractivity contribution < 1.29 is 8.95 Å². The van der Waals surface area contributed by atoms with Crippen LogP contribution in [0.3, 0.4) is 0 Å². The molecule has 1 heterocycles. The smallest absolute Gasteiger partial charge is 0.0736 e. The minimum atomic E-state index is -1.03. The lowest BCUT2D eigenvalue weighted by molar-refractivity contribution is 0.0903. The SMILES string of the molecule is NC1CCOCC1S(=O)Cc1ccccc1Cl. The van der Waals surface area contributed by atoms with Crippen LogP contribution in [0.15, 0.2) is 24.3 Å². The third kappa shape index (κ3) is 3.28. The molecule has 1 aromatic carbocycles. The van der Waals surface area contributed by atoms with E-state index in [0.29, 0.717) is 24.0 Å². The number of benzene rings is 1. The zero-order valence-electron chi connectivity index (χ0n) is 9.47. The average Bonchev–Trinajstić information content (AvgIpc) is 2.32. The highest BCUT2D eigenvalue weighted by molar-refractivity contribution is 7.85. The Labute approximate surface area is 109 Å². The first-order valence-corrected chi connectivity index (χ1v) is 7.38. The van der Waals surface area contributed by atoms with Crippen molar-refractivity contribution >= 4 is 22.4 Å². The summed E-state index contributed by atoms with van der Waals surface area (Å²) in [6, 6.07) is 7.44. The van der Waals surface area contributed by atoms with E-state index < -0.39 is 10.8 Å². The molecule has 1 aromatic rings. The van der Waals surface area contributed by atoms with Gasteiger partial charge in [-0.3, -0.25) is 4.21 Å². The summed E-state index contributed by atoms with van der Waals surface area (Å²) in [5.41, 5.74) is 6.87. The van der Waals surface area contributed by atoms with Gasteiger partial charge in [0.1, 0.15) is 0 Å². The summed E-state index contributed by atoms with van der Waals surface area (Å²) in [5, 5.41) is 0.575. The standard InChI is InChI=1S/C12H16ClNO2S/c13-10-4-2-1-3-9(10)8-17(15)12-7-16-6-5-11(12)14/h1-4,11-12H,5-8,14H2. The van der Waals surface area contributed by atoms with Gasteiger partial charge >= 0.3 is 0 Å². The summed E-state index contributed by atoms with van der Waals surface area (Å²) >= 11 is 6.05. The molecule has 0 aliphatic carbocycles. The highest BCUT2D eigenvalue weighted by atomic mass is 35.5. The first-order valence-electron chi connectivity index (χ1n) is 5.62. The summed E-state index contributed by atoms with van der Waals surface area (Å²) < 4.78 is 17.6. The fraction of sp³-hybridized carbons (Fsp3) is 0.500. The molecule has 1 fully saturated rings. The predicted molar refractivity (Wildman–Crippen MR) is 70.5 cm³/mol. The first kappa shape index (κ1) is 13.0. The second-order valence-corrected chi connectivity index (χ2v) is 6.25. The Hall–Kier alpha value is -0.420. The maximum absolute atomic E-state index is 12.2. The van der Waals surface area contributed by atoms with E-state index in [1.54, 1.807) is 0 Å². The van der Waals surface area contributed by atoms with E-state index in [2.05, 4.69) is 0 Å². The van der Waals surface area contributed by atoms with Gasteiger partial charge in [-0.2, -0.15) is 0 Å². The van der Waals surface area contributed by atoms with Crippen LogP contribution >= 0.6 is 11.6 Å². The Kier molecular flexibility index (Phi) is 4.56. The van der Waals surface area contributed by atoms with E-state index in [0.717, 1.165) is 12.0 Å². The van der Waals surface area contributed by atoms with Gasteiger partial charge in [-0.25, -0.2) is 0 Å². The average molecular weight is 274 g/mol. The van der Waals surface area contributed by atoms with Crippen LogP contribution in [0.4, 0.5) is 0 Å². The van der Waals surface area contributed by atoms with E-state index >= 15 is 0 Å². The van der Waals surface area contributed by atoms with Gasteiger partial charge in [-0.1, -0.05) is 29.8 Å². The molecule has 0 radical (unpaired) electrons. The molecule has 3 atom stereocenters. The molecule has 1 aliphatic rings. The van der Waals surface area contributed by atoms with Gasteiger partial charge < -0.3 is 10.5 Å². The summed E-state index contributed by atoms with van der Waals surface area (Å²) in [5.74, 6) is 0.446. The van der Waals surface area contributed by atoms with Gasteiger partial charge in [0.05, 0.1) is 17.6 Å². The third-order valence-corrected chi connectivity index (χ3v) is 5.07. The third-order valence-electron chi connectivity index (χ3n) is 2.95. The fourth-order valence-electron chi connectivity index (χ4n) is 1.87. The molecule has 0 saturated carbocycles. The van der Waals surface area contributed by atoms with Crippen molar-refractivity contribution in [3.63, 3.8) is 0 Å². The molecular formula is C12H16ClNO2S. The van der Waals surface area contributed by atoms with Crippen molar-refractivity contribution in [1.29, 1.82) is 0 Å². The summed E-state index contributed by atoms with van der Waals surface area (Å²) in [4.78, 5) is 0. The molecule has 1 aliphatic heterocycles. The normalized spacial score (nSPS) is 26.7. The lowest BCUT2D eigenvalue weighted by Gasteiger charge is -2.28. The lowest BCUT2D eigenvalue weighted by Crippen LogP contribution is -2.45. The fourth-order valence-corrected chi connectivity index (χ4v) is 3.70. The Morgan fingerprint density at radius 1 is 1.47 bits per heavy atom. The number of hydrogen-bond donors (Lipinski definition) is 1. The maximum Gasteiger partial charge on any atom is 0.0736 e. The Bertz CT molecular complexity index is 413. The van der Waals surface area contributed by atoms with E-state index in [-0.39, 0.29) is 11.3 Å². The second kappa shape index (κ2) is 5.96. The number of hydrogen-bond acceptors (Lipinski definition) is 3. The number of ether oxygens (including phenoxy) is 1. The van der Waals surface area contributed by atoms with Crippen LogP contribution in [0.25, 0.3) is 0 Å². The minimum absolute atomic E-state index is 0.0351. The quantitative estimate of drug-likeness (QED) is 0.912. The van der Waals surface area contributed by atoms with Crippen LogP contribution < -0.4 is 5.73 Å². The molecule has 3 nitrogen and oxygen atoms in total. The molecular weight excluding hydrogens is 258 g/mol. The Morgan fingerprint density at radius 2 is 2.24 bits per heavy atom. The van der Waals surface area contributed by atoms with E-state index in [1.807, 2.05) is 24.3 Å². The van der Waals surface area contributed by atoms with Crippen molar-refractivity contribution in [3.05, 3.63) is 34.9 Å².